The lowest BCUT2D eigenvalue weighted by Crippen LogP contribution is -2.36. The third-order valence-corrected chi connectivity index (χ3v) is 6.62. The summed E-state index contributed by atoms with van der Waals surface area (Å²) in [6.07, 6.45) is 1.39. The smallest absolute Gasteiger partial charge is 0.270 e. The number of fused-ring (bicyclic) bond motifs is 1. The Morgan fingerprint density at radius 2 is 2.04 bits per heavy atom. The molecule has 1 N–H and O–H groups in total. The van der Waals surface area contributed by atoms with Gasteiger partial charge < -0.3 is 5.32 Å². The van der Waals surface area contributed by atoms with Crippen molar-refractivity contribution >= 4 is 44.6 Å². The number of halogens is 1. The van der Waals surface area contributed by atoms with Gasteiger partial charge in [0.1, 0.15) is 0 Å². The van der Waals surface area contributed by atoms with Crippen LogP contribution in [0.1, 0.15) is 29.3 Å². The standard InChI is InChI=1S/C18H18ClN3O5S/c1-2-28(26,27)21-9-3-4-12-10-13(5-8-17(12)21)20-18(23)15-7-6-14(22(24)25)11-16(15)19/h5-8,10-11H,2-4,9H2,1H3,(H,20,23). The summed E-state index contributed by atoms with van der Waals surface area (Å²) in [7, 11) is -3.36. The van der Waals surface area contributed by atoms with E-state index in [2.05, 4.69) is 5.32 Å². The van der Waals surface area contributed by atoms with Gasteiger partial charge in [-0.15, -0.1) is 0 Å². The number of nitro benzene ring substituents is 1. The van der Waals surface area contributed by atoms with Gasteiger partial charge in [0.05, 0.1) is 26.9 Å². The van der Waals surface area contributed by atoms with Crippen LogP contribution in [0.25, 0.3) is 0 Å². The number of amides is 1. The van der Waals surface area contributed by atoms with Crippen LogP contribution in [0, 0.1) is 10.1 Å². The molecule has 0 unspecified atom stereocenters. The van der Waals surface area contributed by atoms with Gasteiger partial charge in [0.2, 0.25) is 10.0 Å². The van der Waals surface area contributed by atoms with Crippen molar-refractivity contribution in [3.63, 3.8) is 0 Å². The van der Waals surface area contributed by atoms with Crippen molar-refractivity contribution in [1.82, 2.24) is 0 Å². The lowest BCUT2D eigenvalue weighted by atomic mass is 10.0. The van der Waals surface area contributed by atoms with E-state index >= 15 is 0 Å². The minimum atomic E-state index is -3.36. The van der Waals surface area contributed by atoms with Crippen molar-refractivity contribution in [1.29, 1.82) is 0 Å². The maximum Gasteiger partial charge on any atom is 0.270 e. The summed E-state index contributed by atoms with van der Waals surface area (Å²) < 4.78 is 25.9. The molecule has 1 aliphatic heterocycles. The van der Waals surface area contributed by atoms with E-state index < -0.39 is 20.9 Å². The van der Waals surface area contributed by atoms with E-state index in [0.717, 1.165) is 11.6 Å². The van der Waals surface area contributed by atoms with E-state index in [4.69, 9.17) is 11.6 Å². The fourth-order valence-corrected chi connectivity index (χ4v) is 4.54. The molecule has 0 aliphatic carbocycles. The van der Waals surface area contributed by atoms with Crippen molar-refractivity contribution in [3.8, 4) is 0 Å². The van der Waals surface area contributed by atoms with Crippen molar-refractivity contribution < 1.29 is 18.1 Å². The first-order valence-corrected chi connectivity index (χ1v) is 10.6. The summed E-state index contributed by atoms with van der Waals surface area (Å²) in [5.41, 5.74) is 1.86. The Morgan fingerprint density at radius 1 is 1.29 bits per heavy atom. The minimum absolute atomic E-state index is 0.0174. The molecule has 10 heteroatoms. The fraction of sp³-hybridized carbons (Fsp3) is 0.278. The van der Waals surface area contributed by atoms with Gasteiger partial charge in [0, 0.05) is 24.4 Å². The number of rotatable bonds is 5. The topological polar surface area (TPSA) is 110 Å². The lowest BCUT2D eigenvalue weighted by Gasteiger charge is -2.30. The van der Waals surface area contributed by atoms with Crippen LogP contribution in [-0.2, 0) is 16.4 Å². The van der Waals surface area contributed by atoms with Gasteiger partial charge in [0.15, 0.2) is 0 Å². The zero-order valence-electron chi connectivity index (χ0n) is 15.0. The molecule has 3 rings (SSSR count). The zero-order valence-corrected chi connectivity index (χ0v) is 16.6. The molecule has 2 aromatic carbocycles. The van der Waals surface area contributed by atoms with Crippen LogP contribution in [0.2, 0.25) is 5.02 Å². The van der Waals surface area contributed by atoms with Gasteiger partial charge in [0.25, 0.3) is 11.6 Å². The Bertz CT molecular complexity index is 1060. The highest BCUT2D eigenvalue weighted by Gasteiger charge is 2.26. The largest absolute Gasteiger partial charge is 0.322 e. The molecule has 0 saturated heterocycles. The number of sulfonamides is 1. The van der Waals surface area contributed by atoms with Gasteiger partial charge in [-0.05, 0) is 49.6 Å². The Labute approximate surface area is 167 Å². The van der Waals surface area contributed by atoms with Gasteiger partial charge in [-0.1, -0.05) is 11.6 Å². The fourth-order valence-electron chi connectivity index (χ4n) is 3.09. The second-order valence-electron chi connectivity index (χ2n) is 6.30. The molecule has 0 spiro atoms. The number of nitro groups is 1. The highest BCUT2D eigenvalue weighted by atomic mass is 35.5. The van der Waals surface area contributed by atoms with Gasteiger partial charge in [-0.3, -0.25) is 19.2 Å². The number of non-ortho nitro benzene ring substituents is 1. The average Bonchev–Trinajstić information content (AvgIpc) is 2.67. The van der Waals surface area contributed by atoms with E-state index in [1.54, 1.807) is 25.1 Å². The lowest BCUT2D eigenvalue weighted by molar-refractivity contribution is -0.384. The molecular formula is C18H18ClN3O5S. The zero-order chi connectivity index (χ0) is 20.5. The molecule has 1 aliphatic rings. The van der Waals surface area contributed by atoms with Crippen LogP contribution in [0.5, 0.6) is 0 Å². The normalized spacial score (nSPS) is 13.7. The van der Waals surface area contributed by atoms with Crippen LogP contribution in [0.4, 0.5) is 17.1 Å². The monoisotopic (exact) mass is 423 g/mol. The van der Waals surface area contributed by atoms with Crippen LogP contribution < -0.4 is 9.62 Å². The molecule has 148 valence electrons. The summed E-state index contributed by atoms with van der Waals surface area (Å²) in [5, 5.41) is 13.5. The van der Waals surface area contributed by atoms with Gasteiger partial charge in [-0.2, -0.15) is 0 Å². The second kappa shape index (κ2) is 7.76. The van der Waals surface area contributed by atoms with Crippen molar-refractivity contribution in [3.05, 3.63) is 62.7 Å². The first-order chi connectivity index (χ1) is 13.2. The number of nitrogens with one attached hydrogen (secondary N) is 1. The summed E-state index contributed by atoms with van der Waals surface area (Å²) in [4.78, 5) is 22.7. The van der Waals surface area contributed by atoms with Crippen molar-refractivity contribution in [2.24, 2.45) is 0 Å². The van der Waals surface area contributed by atoms with Gasteiger partial charge in [-0.25, -0.2) is 8.42 Å². The molecule has 0 radical (unpaired) electrons. The molecule has 1 heterocycles. The van der Waals surface area contributed by atoms with Crippen molar-refractivity contribution in [2.45, 2.75) is 19.8 Å². The maximum atomic E-state index is 12.5. The van der Waals surface area contributed by atoms with E-state index in [1.807, 2.05) is 0 Å². The average molecular weight is 424 g/mol. The first kappa shape index (κ1) is 20.1. The Balaban J connectivity index is 1.85. The summed E-state index contributed by atoms with van der Waals surface area (Å²) in [6.45, 7) is 2.04. The number of carbonyl (C=O) groups is 1. The molecule has 0 aromatic heterocycles. The highest BCUT2D eigenvalue weighted by Crippen LogP contribution is 2.32. The van der Waals surface area contributed by atoms with E-state index in [-0.39, 0.29) is 22.0 Å². The first-order valence-electron chi connectivity index (χ1n) is 8.61. The molecule has 1 amide bonds. The van der Waals surface area contributed by atoms with E-state index in [9.17, 15) is 23.3 Å². The Hall–Kier alpha value is -2.65. The summed E-state index contributed by atoms with van der Waals surface area (Å²) in [5.74, 6) is -0.488. The van der Waals surface area contributed by atoms with Gasteiger partial charge >= 0.3 is 0 Å². The Kier molecular flexibility index (Phi) is 5.57. The number of hydrogen-bond donors (Lipinski definition) is 1. The molecule has 0 saturated carbocycles. The SMILES string of the molecule is CCS(=O)(=O)N1CCCc2cc(NC(=O)c3ccc([N+](=O)[O-])cc3Cl)ccc21. The summed E-state index contributed by atoms with van der Waals surface area (Å²) in [6, 6.07) is 8.67. The minimum Gasteiger partial charge on any atom is -0.322 e. The number of carbonyl (C=O) groups excluding carboxylic acids is 1. The van der Waals surface area contributed by atoms with Crippen molar-refractivity contribution in [2.75, 3.05) is 21.9 Å². The maximum absolute atomic E-state index is 12.5. The van der Waals surface area contributed by atoms with E-state index in [1.165, 1.54) is 16.4 Å². The van der Waals surface area contributed by atoms with Crippen LogP contribution in [0.15, 0.2) is 36.4 Å². The molecule has 28 heavy (non-hydrogen) atoms. The number of benzene rings is 2. The van der Waals surface area contributed by atoms with Crippen LogP contribution >= 0.6 is 11.6 Å². The van der Waals surface area contributed by atoms with Crippen LogP contribution in [0.3, 0.4) is 0 Å². The summed E-state index contributed by atoms with van der Waals surface area (Å²) >= 11 is 6.00. The molecule has 8 nitrogen and oxygen atoms in total. The third-order valence-electron chi connectivity index (χ3n) is 4.52. The second-order valence-corrected chi connectivity index (χ2v) is 8.88. The molecule has 0 atom stereocenters. The number of aryl methyl sites for hydroxylation is 1. The quantitative estimate of drug-likeness (QED) is 0.583. The molecule has 2 aromatic rings. The number of anilines is 2. The van der Waals surface area contributed by atoms with E-state index in [0.29, 0.717) is 30.8 Å². The highest BCUT2D eigenvalue weighted by molar-refractivity contribution is 7.92. The third kappa shape index (κ3) is 3.95. The molecule has 0 fully saturated rings. The predicted molar refractivity (Wildman–Crippen MR) is 108 cm³/mol. The molecular weight excluding hydrogens is 406 g/mol. The number of hydrogen-bond acceptors (Lipinski definition) is 5. The molecule has 0 bridgehead atoms. The van der Waals surface area contributed by atoms with Crippen LogP contribution in [-0.4, -0.2) is 31.5 Å². The Morgan fingerprint density at radius 3 is 2.68 bits per heavy atom. The number of nitrogens with zero attached hydrogens (tertiary/aromatic N) is 2. The predicted octanol–water partition coefficient (Wildman–Crippen LogP) is 3.60.